The van der Waals surface area contributed by atoms with Crippen LogP contribution in [0.4, 0.5) is 17.1 Å². The normalized spacial score (nSPS) is 11.2. The van der Waals surface area contributed by atoms with Crippen LogP contribution in [0.1, 0.15) is 0 Å². The Morgan fingerprint density at radius 1 is 0.386 bits per heavy atom. The zero-order chi connectivity index (χ0) is 29.3. The second-order valence-corrected chi connectivity index (χ2v) is 10.9. The second-order valence-electron chi connectivity index (χ2n) is 10.9. The van der Waals surface area contributed by atoms with Crippen molar-refractivity contribution in [2.24, 2.45) is 0 Å². The van der Waals surface area contributed by atoms with E-state index in [1.807, 2.05) is 6.07 Å². The van der Waals surface area contributed by atoms with Crippen LogP contribution in [0.5, 0.6) is 0 Å². The lowest BCUT2D eigenvalue weighted by Crippen LogP contribution is -2.11. The molecule has 2 heteroatoms. The Bertz CT molecular complexity index is 2210. The minimum atomic E-state index is 0.862. The summed E-state index contributed by atoms with van der Waals surface area (Å²) >= 11 is 0. The van der Waals surface area contributed by atoms with E-state index >= 15 is 0 Å². The first-order valence-corrected chi connectivity index (χ1v) is 14.9. The van der Waals surface area contributed by atoms with E-state index in [1.54, 1.807) is 0 Å². The van der Waals surface area contributed by atoms with E-state index in [1.165, 1.54) is 21.9 Å². The fourth-order valence-electron chi connectivity index (χ4n) is 6.26. The molecule has 0 aliphatic rings. The van der Waals surface area contributed by atoms with Crippen LogP contribution in [0.3, 0.4) is 0 Å². The molecule has 208 valence electrons. The SMILES string of the molecule is c1ccc(-c2c(-c3ccccc3N(c3ccccc3)c3ccc(-c4cccc5ccccc45)cc3)oc3ccccc23)cc1. The van der Waals surface area contributed by atoms with Gasteiger partial charge in [0.15, 0.2) is 0 Å². The van der Waals surface area contributed by atoms with Gasteiger partial charge in [-0.25, -0.2) is 0 Å². The van der Waals surface area contributed by atoms with E-state index < -0.39 is 0 Å². The number of benzene rings is 7. The van der Waals surface area contributed by atoms with Gasteiger partial charge in [-0.1, -0.05) is 133 Å². The highest BCUT2D eigenvalue weighted by Gasteiger charge is 2.23. The van der Waals surface area contributed by atoms with Crippen molar-refractivity contribution in [3.05, 3.63) is 176 Å². The topological polar surface area (TPSA) is 16.4 Å². The number of para-hydroxylation sites is 3. The van der Waals surface area contributed by atoms with E-state index in [-0.39, 0.29) is 0 Å². The smallest absolute Gasteiger partial charge is 0.145 e. The second kappa shape index (κ2) is 11.1. The first-order valence-electron chi connectivity index (χ1n) is 14.9. The molecule has 0 saturated carbocycles. The van der Waals surface area contributed by atoms with Crippen LogP contribution in [-0.4, -0.2) is 0 Å². The lowest BCUT2D eigenvalue weighted by Gasteiger charge is -2.27. The molecule has 8 aromatic rings. The Kier molecular flexibility index (Phi) is 6.51. The van der Waals surface area contributed by atoms with E-state index in [2.05, 4.69) is 175 Å². The van der Waals surface area contributed by atoms with Gasteiger partial charge in [-0.2, -0.15) is 0 Å². The van der Waals surface area contributed by atoms with Crippen molar-refractivity contribution >= 4 is 38.8 Å². The monoisotopic (exact) mass is 563 g/mol. The molecule has 0 bridgehead atoms. The van der Waals surface area contributed by atoms with Gasteiger partial charge in [0.25, 0.3) is 0 Å². The molecule has 8 rings (SSSR count). The van der Waals surface area contributed by atoms with Crippen LogP contribution in [0.15, 0.2) is 180 Å². The highest BCUT2D eigenvalue weighted by molar-refractivity contribution is 6.04. The molecular weight excluding hydrogens is 534 g/mol. The molecule has 0 unspecified atom stereocenters. The van der Waals surface area contributed by atoms with Gasteiger partial charge < -0.3 is 9.32 Å². The van der Waals surface area contributed by atoms with Gasteiger partial charge in [0, 0.05) is 27.9 Å². The minimum absolute atomic E-state index is 0.862. The van der Waals surface area contributed by atoms with Gasteiger partial charge >= 0.3 is 0 Å². The van der Waals surface area contributed by atoms with Crippen molar-refractivity contribution < 1.29 is 4.42 Å². The van der Waals surface area contributed by atoms with Gasteiger partial charge in [-0.05, 0) is 69.9 Å². The number of nitrogens with zero attached hydrogens (tertiary/aromatic N) is 1. The van der Waals surface area contributed by atoms with Gasteiger partial charge in [-0.15, -0.1) is 0 Å². The summed E-state index contributed by atoms with van der Waals surface area (Å²) in [6, 6.07) is 61.9. The van der Waals surface area contributed by atoms with Crippen molar-refractivity contribution in [1.82, 2.24) is 0 Å². The highest BCUT2D eigenvalue weighted by Crippen LogP contribution is 2.47. The highest BCUT2D eigenvalue weighted by atomic mass is 16.3. The molecule has 0 amide bonds. The molecule has 0 fully saturated rings. The van der Waals surface area contributed by atoms with Crippen LogP contribution in [0, 0.1) is 0 Å². The predicted molar refractivity (Wildman–Crippen MR) is 185 cm³/mol. The van der Waals surface area contributed by atoms with Gasteiger partial charge in [0.1, 0.15) is 11.3 Å². The van der Waals surface area contributed by atoms with Crippen molar-refractivity contribution in [2.45, 2.75) is 0 Å². The van der Waals surface area contributed by atoms with Crippen LogP contribution >= 0.6 is 0 Å². The van der Waals surface area contributed by atoms with Crippen LogP contribution in [0.25, 0.3) is 55.3 Å². The van der Waals surface area contributed by atoms with E-state index in [0.717, 1.165) is 50.5 Å². The number of anilines is 3. The summed E-state index contributed by atoms with van der Waals surface area (Å²) in [7, 11) is 0. The standard InChI is InChI=1S/C42H29NO/c1-3-15-32(16-4-1)41-38-22-10-12-25-40(38)44-42(41)37-21-9-11-24-39(37)43(33-18-5-2-6-19-33)34-28-26-31(27-29-34)36-23-13-17-30-14-7-8-20-35(30)36/h1-29H. The zero-order valence-corrected chi connectivity index (χ0v) is 24.1. The Morgan fingerprint density at radius 2 is 0.977 bits per heavy atom. The van der Waals surface area contributed by atoms with E-state index in [0.29, 0.717) is 0 Å². The summed E-state index contributed by atoms with van der Waals surface area (Å²) < 4.78 is 6.69. The predicted octanol–water partition coefficient (Wildman–Crippen LogP) is 12.1. The Morgan fingerprint density at radius 3 is 1.80 bits per heavy atom. The number of rotatable bonds is 6. The number of hydrogen-bond donors (Lipinski definition) is 0. The summed E-state index contributed by atoms with van der Waals surface area (Å²) in [5.41, 5.74) is 9.77. The summed E-state index contributed by atoms with van der Waals surface area (Å²) in [4.78, 5) is 2.32. The molecule has 0 N–H and O–H groups in total. The average molecular weight is 564 g/mol. The quantitative estimate of drug-likeness (QED) is 0.200. The molecule has 0 aliphatic carbocycles. The summed E-state index contributed by atoms with van der Waals surface area (Å²) in [6.07, 6.45) is 0. The Hall–Kier alpha value is -5.86. The first-order chi connectivity index (χ1) is 21.8. The molecule has 0 spiro atoms. The summed E-state index contributed by atoms with van der Waals surface area (Å²) in [6.45, 7) is 0. The number of hydrogen-bond acceptors (Lipinski definition) is 2. The Balaban J connectivity index is 1.31. The van der Waals surface area contributed by atoms with Crippen molar-refractivity contribution in [1.29, 1.82) is 0 Å². The molecular formula is C42H29NO. The molecule has 2 nitrogen and oxygen atoms in total. The van der Waals surface area contributed by atoms with Crippen LogP contribution in [-0.2, 0) is 0 Å². The van der Waals surface area contributed by atoms with Crippen molar-refractivity contribution in [2.75, 3.05) is 4.90 Å². The molecule has 7 aromatic carbocycles. The van der Waals surface area contributed by atoms with E-state index in [4.69, 9.17) is 4.42 Å². The van der Waals surface area contributed by atoms with E-state index in [9.17, 15) is 0 Å². The molecule has 1 heterocycles. The number of fused-ring (bicyclic) bond motifs is 2. The molecule has 0 aliphatic heterocycles. The maximum absolute atomic E-state index is 6.69. The lowest BCUT2D eigenvalue weighted by molar-refractivity contribution is 0.632. The first kappa shape index (κ1) is 25.8. The maximum Gasteiger partial charge on any atom is 0.145 e. The largest absolute Gasteiger partial charge is 0.455 e. The summed E-state index contributed by atoms with van der Waals surface area (Å²) in [5, 5.41) is 3.61. The van der Waals surface area contributed by atoms with Crippen LogP contribution in [0.2, 0.25) is 0 Å². The molecule has 0 radical (unpaired) electrons. The van der Waals surface area contributed by atoms with Gasteiger partial charge in [0.2, 0.25) is 0 Å². The van der Waals surface area contributed by atoms with Crippen molar-refractivity contribution in [3.8, 4) is 33.6 Å². The van der Waals surface area contributed by atoms with Crippen molar-refractivity contribution in [3.63, 3.8) is 0 Å². The minimum Gasteiger partial charge on any atom is -0.455 e. The summed E-state index contributed by atoms with van der Waals surface area (Å²) in [5.74, 6) is 0.862. The lowest BCUT2D eigenvalue weighted by atomic mass is 9.96. The third-order valence-corrected chi connectivity index (χ3v) is 8.29. The molecule has 1 aromatic heterocycles. The fourth-order valence-corrected chi connectivity index (χ4v) is 6.26. The molecule has 0 saturated heterocycles. The van der Waals surface area contributed by atoms with Gasteiger partial charge in [-0.3, -0.25) is 0 Å². The fraction of sp³-hybridized carbons (Fsp3) is 0. The van der Waals surface area contributed by atoms with Crippen LogP contribution < -0.4 is 4.90 Å². The Labute approximate surface area is 257 Å². The number of furan rings is 1. The average Bonchev–Trinajstić information content (AvgIpc) is 3.49. The third-order valence-electron chi connectivity index (χ3n) is 8.29. The zero-order valence-electron chi connectivity index (χ0n) is 24.1. The molecule has 44 heavy (non-hydrogen) atoms. The molecule has 0 atom stereocenters. The van der Waals surface area contributed by atoms with Gasteiger partial charge in [0.05, 0.1) is 5.69 Å². The maximum atomic E-state index is 6.69. The third kappa shape index (κ3) is 4.54.